The number of amides is 1. The Morgan fingerprint density at radius 2 is 1.89 bits per heavy atom. The molecular weight excluding hydrogens is 268 g/mol. The Bertz CT molecular complexity index is 565. The van der Waals surface area contributed by atoms with Gasteiger partial charge in [-0.15, -0.1) is 0 Å². The molecule has 0 aromatic heterocycles. The van der Waals surface area contributed by atoms with Gasteiger partial charge in [0, 0.05) is 20.1 Å². The maximum atomic E-state index is 12.5. The van der Waals surface area contributed by atoms with Gasteiger partial charge in [0.25, 0.3) is 5.91 Å². The third-order valence-corrected chi connectivity index (χ3v) is 4.90. The Hall–Kier alpha value is -1.44. The fourth-order valence-corrected chi connectivity index (χ4v) is 3.54. The number of carbonyl (C=O) groups is 1. The Kier molecular flexibility index (Phi) is 4.18. The lowest BCUT2D eigenvalue weighted by Gasteiger charge is -2.26. The van der Waals surface area contributed by atoms with Crippen LogP contribution >= 0.6 is 0 Å². The standard InChI is InChI=1S/C12H16N2O4S/c1-13-12(15)10-4-2-3-5-11(10)19(16,17)14-6-8-18-9-7-14/h2-5H,6-9H2,1H3,(H,13,15). The molecule has 104 valence electrons. The van der Waals surface area contributed by atoms with Crippen molar-refractivity contribution >= 4 is 15.9 Å². The number of hydrogen-bond donors (Lipinski definition) is 1. The first-order chi connectivity index (χ1) is 9.07. The van der Waals surface area contributed by atoms with Gasteiger partial charge in [0.05, 0.1) is 23.7 Å². The smallest absolute Gasteiger partial charge is 0.252 e. The molecule has 1 heterocycles. The van der Waals surface area contributed by atoms with E-state index in [-0.39, 0.29) is 10.5 Å². The lowest BCUT2D eigenvalue weighted by atomic mass is 10.2. The highest BCUT2D eigenvalue weighted by Crippen LogP contribution is 2.21. The molecule has 0 saturated carbocycles. The Morgan fingerprint density at radius 3 is 2.53 bits per heavy atom. The van der Waals surface area contributed by atoms with Crippen LogP contribution in [0.2, 0.25) is 0 Å². The van der Waals surface area contributed by atoms with Gasteiger partial charge >= 0.3 is 0 Å². The predicted molar refractivity (Wildman–Crippen MR) is 69.4 cm³/mol. The normalized spacial score (nSPS) is 17.1. The van der Waals surface area contributed by atoms with Crippen LogP contribution in [0.25, 0.3) is 0 Å². The van der Waals surface area contributed by atoms with E-state index in [1.165, 1.54) is 23.5 Å². The molecule has 6 nitrogen and oxygen atoms in total. The molecule has 7 heteroatoms. The summed E-state index contributed by atoms with van der Waals surface area (Å²) < 4.78 is 31.5. The summed E-state index contributed by atoms with van der Waals surface area (Å²) in [6, 6.07) is 6.21. The van der Waals surface area contributed by atoms with Crippen molar-refractivity contribution in [2.24, 2.45) is 0 Å². The number of hydrogen-bond acceptors (Lipinski definition) is 4. The highest BCUT2D eigenvalue weighted by Gasteiger charge is 2.29. The van der Waals surface area contributed by atoms with Gasteiger partial charge in [0.1, 0.15) is 0 Å². The molecule has 1 aliphatic heterocycles. The quantitative estimate of drug-likeness (QED) is 0.852. The topological polar surface area (TPSA) is 75.7 Å². The van der Waals surface area contributed by atoms with E-state index in [4.69, 9.17) is 4.74 Å². The van der Waals surface area contributed by atoms with Crippen molar-refractivity contribution in [3.05, 3.63) is 29.8 Å². The fourth-order valence-electron chi connectivity index (χ4n) is 1.94. The number of rotatable bonds is 3. The van der Waals surface area contributed by atoms with Crippen molar-refractivity contribution in [1.82, 2.24) is 9.62 Å². The Labute approximate surface area is 112 Å². The minimum absolute atomic E-state index is 0.0382. The number of sulfonamides is 1. The summed E-state index contributed by atoms with van der Waals surface area (Å²) in [4.78, 5) is 11.8. The molecular formula is C12H16N2O4S. The molecule has 1 N–H and O–H groups in total. The Morgan fingerprint density at radius 1 is 1.26 bits per heavy atom. The van der Waals surface area contributed by atoms with E-state index in [1.807, 2.05) is 0 Å². The number of benzene rings is 1. The van der Waals surface area contributed by atoms with Crippen LogP contribution in [-0.2, 0) is 14.8 Å². The highest BCUT2D eigenvalue weighted by atomic mass is 32.2. The molecule has 19 heavy (non-hydrogen) atoms. The largest absolute Gasteiger partial charge is 0.379 e. The Balaban J connectivity index is 2.42. The number of ether oxygens (including phenoxy) is 1. The molecule has 0 spiro atoms. The van der Waals surface area contributed by atoms with Gasteiger partial charge in [-0.05, 0) is 12.1 Å². The molecule has 0 unspecified atom stereocenters. The van der Waals surface area contributed by atoms with Crippen LogP contribution in [0.1, 0.15) is 10.4 Å². The van der Waals surface area contributed by atoms with Crippen molar-refractivity contribution in [2.75, 3.05) is 33.4 Å². The van der Waals surface area contributed by atoms with Crippen LogP contribution < -0.4 is 5.32 Å². The first kappa shape index (κ1) is 14.0. The number of morpholine rings is 1. The van der Waals surface area contributed by atoms with Crippen LogP contribution in [0, 0.1) is 0 Å². The molecule has 1 saturated heterocycles. The second kappa shape index (κ2) is 5.68. The van der Waals surface area contributed by atoms with Crippen molar-refractivity contribution < 1.29 is 17.9 Å². The van der Waals surface area contributed by atoms with E-state index in [0.717, 1.165) is 0 Å². The molecule has 2 rings (SSSR count). The van der Waals surface area contributed by atoms with Gasteiger partial charge in [-0.3, -0.25) is 4.79 Å². The minimum atomic E-state index is -3.66. The summed E-state index contributed by atoms with van der Waals surface area (Å²) in [6.07, 6.45) is 0. The van der Waals surface area contributed by atoms with E-state index in [0.29, 0.717) is 26.3 Å². The predicted octanol–water partition coefficient (Wildman–Crippen LogP) is 0.0671. The molecule has 1 aliphatic rings. The average molecular weight is 284 g/mol. The summed E-state index contributed by atoms with van der Waals surface area (Å²) >= 11 is 0. The van der Waals surface area contributed by atoms with Crippen molar-refractivity contribution in [3.8, 4) is 0 Å². The SMILES string of the molecule is CNC(=O)c1ccccc1S(=O)(=O)N1CCOCC1. The zero-order valence-electron chi connectivity index (χ0n) is 10.6. The summed E-state index contributed by atoms with van der Waals surface area (Å²) in [6.45, 7) is 1.37. The number of nitrogens with one attached hydrogen (secondary N) is 1. The van der Waals surface area contributed by atoms with Crippen LogP contribution in [0.5, 0.6) is 0 Å². The molecule has 1 aromatic carbocycles. The van der Waals surface area contributed by atoms with E-state index in [2.05, 4.69) is 5.32 Å². The molecule has 1 amide bonds. The molecule has 0 radical (unpaired) electrons. The minimum Gasteiger partial charge on any atom is -0.379 e. The second-order valence-electron chi connectivity index (χ2n) is 4.09. The maximum Gasteiger partial charge on any atom is 0.252 e. The lowest BCUT2D eigenvalue weighted by molar-refractivity contribution is 0.0730. The van der Waals surface area contributed by atoms with E-state index in [9.17, 15) is 13.2 Å². The van der Waals surface area contributed by atoms with Crippen molar-refractivity contribution in [3.63, 3.8) is 0 Å². The van der Waals surface area contributed by atoms with Crippen LogP contribution in [-0.4, -0.2) is 52.0 Å². The van der Waals surface area contributed by atoms with Gasteiger partial charge in [-0.2, -0.15) is 4.31 Å². The number of carbonyl (C=O) groups excluding carboxylic acids is 1. The fraction of sp³-hybridized carbons (Fsp3) is 0.417. The van der Waals surface area contributed by atoms with Crippen LogP contribution in [0.15, 0.2) is 29.2 Å². The van der Waals surface area contributed by atoms with Gasteiger partial charge in [-0.1, -0.05) is 12.1 Å². The van der Waals surface area contributed by atoms with Gasteiger partial charge in [0.2, 0.25) is 10.0 Å². The summed E-state index contributed by atoms with van der Waals surface area (Å²) in [5, 5.41) is 2.45. The molecule has 1 fully saturated rings. The first-order valence-electron chi connectivity index (χ1n) is 5.96. The zero-order valence-corrected chi connectivity index (χ0v) is 11.4. The number of nitrogens with zero attached hydrogens (tertiary/aromatic N) is 1. The molecule has 0 atom stereocenters. The second-order valence-corrected chi connectivity index (χ2v) is 6.00. The van der Waals surface area contributed by atoms with E-state index in [1.54, 1.807) is 12.1 Å². The van der Waals surface area contributed by atoms with Crippen molar-refractivity contribution in [2.45, 2.75) is 4.90 Å². The summed E-state index contributed by atoms with van der Waals surface area (Å²) in [5.74, 6) is -0.410. The monoisotopic (exact) mass is 284 g/mol. The maximum absolute atomic E-state index is 12.5. The zero-order chi connectivity index (χ0) is 13.9. The van der Waals surface area contributed by atoms with Crippen LogP contribution in [0.4, 0.5) is 0 Å². The summed E-state index contributed by atoms with van der Waals surface area (Å²) in [7, 11) is -2.18. The third-order valence-electron chi connectivity index (χ3n) is 2.95. The van der Waals surface area contributed by atoms with E-state index < -0.39 is 15.9 Å². The average Bonchev–Trinajstić information content (AvgIpc) is 2.47. The van der Waals surface area contributed by atoms with Crippen molar-refractivity contribution in [1.29, 1.82) is 0 Å². The van der Waals surface area contributed by atoms with Gasteiger partial charge < -0.3 is 10.1 Å². The lowest BCUT2D eigenvalue weighted by Crippen LogP contribution is -2.41. The van der Waals surface area contributed by atoms with Gasteiger partial charge in [-0.25, -0.2) is 8.42 Å². The first-order valence-corrected chi connectivity index (χ1v) is 7.40. The van der Waals surface area contributed by atoms with Gasteiger partial charge in [0.15, 0.2) is 0 Å². The molecule has 0 aliphatic carbocycles. The third kappa shape index (κ3) is 2.78. The highest BCUT2D eigenvalue weighted by molar-refractivity contribution is 7.89. The summed E-state index contributed by atoms with van der Waals surface area (Å²) in [5.41, 5.74) is 0.163. The van der Waals surface area contributed by atoms with Crippen LogP contribution in [0.3, 0.4) is 0 Å². The molecule has 0 bridgehead atoms. The van der Waals surface area contributed by atoms with E-state index >= 15 is 0 Å². The molecule has 1 aromatic rings.